The monoisotopic (exact) mass is 486 g/mol. The molecule has 5 rings (SSSR count). The van der Waals surface area contributed by atoms with Crippen molar-refractivity contribution in [2.75, 3.05) is 6.54 Å². The molecular weight excluding hydrogens is 459 g/mol. The van der Waals surface area contributed by atoms with Gasteiger partial charge in [0.25, 0.3) is 5.91 Å². The van der Waals surface area contributed by atoms with Gasteiger partial charge >= 0.3 is 6.03 Å². The molecule has 2 aromatic heterocycles. The minimum Gasteiger partial charge on any atom is -0.361 e. The molecule has 36 heavy (non-hydrogen) atoms. The van der Waals surface area contributed by atoms with Gasteiger partial charge in [-0.25, -0.2) is 9.18 Å². The zero-order chi connectivity index (χ0) is 25.4. The van der Waals surface area contributed by atoms with Gasteiger partial charge in [-0.1, -0.05) is 30.3 Å². The normalized spacial score (nSPS) is 15.6. The summed E-state index contributed by atoms with van der Waals surface area (Å²) in [6, 6.07) is 14.7. The number of H-pyrrole nitrogens is 1. The van der Waals surface area contributed by atoms with Crippen LogP contribution in [0.4, 0.5) is 9.18 Å². The first-order valence-corrected chi connectivity index (χ1v) is 11.9. The molecule has 2 N–H and O–H groups in total. The van der Waals surface area contributed by atoms with E-state index in [9.17, 15) is 18.8 Å². The van der Waals surface area contributed by atoms with E-state index in [-0.39, 0.29) is 18.1 Å². The minimum absolute atomic E-state index is 0.274. The van der Waals surface area contributed by atoms with Gasteiger partial charge in [0.05, 0.1) is 6.54 Å². The number of aromatic amines is 1. The molecule has 3 amide bonds. The van der Waals surface area contributed by atoms with Crippen LogP contribution in [0, 0.1) is 19.7 Å². The number of benzene rings is 2. The van der Waals surface area contributed by atoms with Crippen LogP contribution < -0.4 is 5.32 Å². The number of hydrogen-bond acceptors (Lipinski definition) is 3. The van der Waals surface area contributed by atoms with Crippen LogP contribution >= 0.6 is 0 Å². The number of amides is 3. The number of rotatable bonds is 8. The number of fused-ring (bicyclic) bond motifs is 1. The van der Waals surface area contributed by atoms with E-state index in [1.165, 1.54) is 12.1 Å². The predicted octanol–water partition coefficient (Wildman–Crippen LogP) is 4.31. The lowest BCUT2D eigenvalue weighted by atomic mass is 10.0. The molecule has 1 atom stereocenters. The first-order valence-electron chi connectivity index (χ1n) is 11.9. The van der Waals surface area contributed by atoms with Gasteiger partial charge in [0.15, 0.2) is 5.78 Å². The molecule has 2 aromatic carbocycles. The first kappa shape index (κ1) is 23.5. The zero-order valence-corrected chi connectivity index (χ0v) is 20.2. The number of hydrogen-bond donors (Lipinski definition) is 2. The summed E-state index contributed by atoms with van der Waals surface area (Å²) in [5, 5.41) is 3.73. The number of nitrogens with zero attached hydrogens (tertiary/aromatic N) is 2. The van der Waals surface area contributed by atoms with Crippen LogP contribution in [0.25, 0.3) is 10.9 Å². The summed E-state index contributed by atoms with van der Waals surface area (Å²) in [5.41, 5.74) is 5.08. The Hall–Kier alpha value is -4.20. The predicted molar refractivity (Wildman–Crippen MR) is 134 cm³/mol. The highest BCUT2D eigenvalue weighted by Gasteiger charge is 2.39. The molecule has 0 aliphatic carbocycles. The molecule has 1 aliphatic rings. The van der Waals surface area contributed by atoms with Gasteiger partial charge < -0.3 is 14.9 Å². The molecule has 1 saturated heterocycles. The topological polar surface area (TPSA) is 87.2 Å². The number of Topliss-reactive ketones (excluding diaryl/α,β-unsaturated/α-hetero) is 1. The van der Waals surface area contributed by atoms with E-state index in [1.54, 1.807) is 18.2 Å². The van der Waals surface area contributed by atoms with Crippen molar-refractivity contribution < 1.29 is 18.8 Å². The number of carbonyl (C=O) groups is 3. The third-order valence-electron chi connectivity index (χ3n) is 6.92. The lowest BCUT2D eigenvalue weighted by Crippen LogP contribution is -2.36. The minimum atomic E-state index is -0.715. The average Bonchev–Trinajstić information content (AvgIpc) is 3.49. The number of para-hydroxylation sites is 1. The van der Waals surface area contributed by atoms with E-state index >= 15 is 0 Å². The van der Waals surface area contributed by atoms with Crippen LogP contribution in [-0.4, -0.2) is 44.8 Å². The number of imide groups is 1. The van der Waals surface area contributed by atoms with Crippen molar-refractivity contribution in [2.45, 2.75) is 39.3 Å². The summed E-state index contributed by atoms with van der Waals surface area (Å²) >= 11 is 0. The Balaban J connectivity index is 1.26. The van der Waals surface area contributed by atoms with Gasteiger partial charge in [-0.2, -0.15) is 0 Å². The molecule has 0 bridgehead atoms. The summed E-state index contributed by atoms with van der Waals surface area (Å²) in [6.07, 6.45) is 2.88. The van der Waals surface area contributed by atoms with Crippen LogP contribution in [0.2, 0.25) is 0 Å². The van der Waals surface area contributed by atoms with Crippen molar-refractivity contribution in [1.29, 1.82) is 0 Å². The molecule has 0 spiro atoms. The summed E-state index contributed by atoms with van der Waals surface area (Å²) in [7, 11) is 0. The van der Waals surface area contributed by atoms with E-state index in [4.69, 9.17) is 0 Å². The maximum atomic E-state index is 13.2. The SMILES string of the molecule is Cc1cc(C(=O)CN2C(=O)NC(Cc3c[nH]c4ccccc34)C2=O)c(C)n1CCc1ccc(F)cc1. The van der Waals surface area contributed by atoms with Crippen LogP contribution in [-0.2, 0) is 24.2 Å². The van der Waals surface area contributed by atoms with Gasteiger partial charge in [-0.15, -0.1) is 0 Å². The third kappa shape index (κ3) is 4.42. The largest absolute Gasteiger partial charge is 0.361 e. The van der Waals surface area contributed by atoms with Gasteiger partial charge in [0, 0.05) is 47.0 Å². The summed E-state index contributed by atoms with van der Waals surface area (Å²) in [6.45, 7) is 4.10. The fraction of sp³-hybridized carbons (Fsp3) is 0.250. The maximum Gasteiger partial charge on any atom is 0.325 e. The Morgan fingerprint density at radius 2 is 1.81 bits per heavy atom. The van der Waals surface area contributed by atoms with Crippen molar-refractivity contribution in [3.8, 4) is 0 Å². The number of halogens is 1. The Kier molecular flexibility index (Phi) is 6.18. The van der Waals surface area contributed by atoms with E-state index < -0.39 is 18.0 Å². The first-order chi connectivity index (χ1) is 17.3. The summed E-state index contributed by atoms with van der Waals surface area (Å²) < 4.78 is 15.2. The second-order valence-corrected chi connectivity index (χ2v) is 9.23. The quantitative estimate of drug-likeness (QED) is 0.287. The molecule has 4 aromatic rings. The highest BCUT2D eigenvalue weighted by atomic mass is 19.1. The van der Waals surface area contributed by atoms with E-state index in [0.29, 0.717) is 24.9 Å². The second-order valence-electron chi connectivity index (χ2n) is 9.23. The van der Waals surface area contributed by atoms with Crippen LogP contribution in [0.3, 0.4) is 0 Å². The number of aryl methyl sites for hydroxylation is 2. The number of carbonyl (C=O) groups excluding carboxylic acids is 3. The maximum absolute atomic E-state index is 13.2. The number of urea groups is 1. The second kappa shape index (κ2) is 9.45. The number of aromatic nitrogens is 2. The fourth-order valence-corrected chi connectivity index (χ4v) is 4.93. The van der Waals surface area contributed by atoms with Gasteiger partial charge in [0.2, 0.25) is 0 Å². The van der Waals surface area contributed by atoms with Crippen LogP contribution in [0.15, 0.2) is 60.8 Å². The zero-order valence-electron chi connectivity index (χ0n) is 20.2. The Labute approximate surface area is 207 Å². The third-order valence-corrected chi connectivity index (χ3v) is 6.92. The molecule has 3 heterocycles. The molecular formula is C28H27FN4O3. The van der Waals surface area contributed by atoms with Crippen LogP contribution in [0.5, 0.6) is 0 Å². The van der Waals surface area contributed by atoms with Crippen molar-refractivity contribution in [3.63, 3.8) is 0 Å². The lowest BCUT2D eigenvalue weighted by Gasteiger charge is -2.13. The summed E-state index contributed by atoms with van der Waals surface area (Å²) in [4.78, 5) is 43.0. The van der Waals surface area contributed by atoms with Crippen molar-refractivity contribution in [1.82, 2.24) is 19.8 Å². The Morgan fingerprint density at radius 3 is 2.58 bits per heavy atom. The molecule has 184 valence electrons. The van der Waals surface area contributed by atoms with Gasteiger partial charge in [-0.05, 0) is 55.7 Å². The Bertz CT molecular complexity index is 1470. The van der Waals surface area contributed by atoms with E-state index in [0.717, 1.165) is 38.3 Å². The molecule has 0 saturated carbocycles. The molecule has 8 heteroatoms. The lowest BCUT2D eigenvalue weighted by molar-refractivity contribution is -0.127. The average molecular weight is 487 g/mol. The molecule has 1 fully saturated rings. The Morgan fingerprint density at radius 1 is 1.06 bits per heavy atom. The molecule has 1 aliphatic heterocycles. The van der Waals surface area contributed by atoms with Crippen molar-refractivity contribution in [2.24, 2.45) is 0 Å². The summed E-state index contributed by atoms with van der Waals surface area (Å²) in [5.74, 6) is -0.958. The highest BCUT2D eigenvalue weighted by Crippen LogP contribution is 2.22. The number of ketones is 1. The molecule has 7 nitrogen and oxygen atoms in total. The standard InChI is InChI=1S/C28H27FN4O3/c1-17-13-23(18(2)32(17)12-11-19-7-9-21(29)10-8-19)26(34)16-33-27(35)25(31-28(33)36)14-20-15-30-24-6-4-3-5-22(20)24/h3-10,13,15,25,30H,11-12,14,16H2,1-2H3,(H,31,36). The highest BCUT2D eigenvalue weighted by molar-refractivity contribution is 6.09. The van der Waals surface area contributed by atoms with E-state index in [1.807, 2.05) is 48.9 Å². The van der Waals surface area contributed by atoms with Gasteiger partial charge in [-0.3, -0.25) is 14.5 Å². The van der Waals surface area contributed by atoms with Crippen molar-refractivity contribution in [3.05, 3.63) is 94.7 Å². The fourth-order valence-electron chi connectivity index (χ4n) is 4.93. The smallest absolute Gasteiger partial charge is 0.325 e. The van der Waals surface area contributed by atoms with Crippen LogP contribution in [0.1, 0.15) is 32.9 Å². The molecule has 0 radical (unpaired) electrons. The number of nitrogens with one attached hydrogen (secondary N) is 2. The van der Waals surface area contributed by atoms with Crippen molar-refractivity contribution >= 4 is 28.6 Å². The van der Waals surface area contributed by atoms with Gasteiger partial charge in [0.1, 0.15) is 11.9 Å². The molecule has 1 unspecified atom stereocenters. The van der Waals surface area contributed by atoms with E-state index in [2.05, 4.69) is 10.3 Å².